The van der Waals surface area contributed by atoms with E-state index in [1.54, 1.807) is 0 Å². The first-order chi connectivity index (χ1) is 4.70. The molecule has 2 nitrogen and oxygen atoms in total. The Morgan fingerprint density at radius 3 is 3.00 bits per heavy atom. The molecule has 2 rings (SSSR count). The molecular weight excluding hydrogens is 148 g/mol. The highest BCUT2D eigenvalue weighted by Gasteiger charge is 2.54. The summed E-state index contributed by atoms with van der Waals surface area (Å²) in [7, 11) is 0. The van der Waals surface area contributed by atoms with E-state index < -0.39 is 0 Å². The van der Waals surface area contributed by atoms with Crippen molar-refractivity contribution in [2.75, 3.05) is 0 Å². The van der Waals surface area contributed by atoms with E-state index in [4.69, 9.17) is 17.0 Å². The molecule has 1 aliphatic heterocycles. The number of hydrogen-bond donors (Lipinski definition) is 2. The molecule has 4 atom stereocenters. The SMILES string of the molecule is CC1CC(=N)N[C@@H]2C(Cl)[C@@H]12. The van der Waals surface area contributed by atoms with Gasteiger partial charge in [-0.05, 0) is 5.92 Å². The number of fused-ring (bicyclic) bond motifs is 1. The predicted octanol–water partition coefficient (Wildman–Crippen LogP) is 1.20. The van der Waals surface area contributed by atoms with Crippen LogP contribution in [0, 0.1) is 17.2 Å². The summed E-state index contributed by atoms with van der Waals surface area (Å²) in [5.41, 5.74) is 0. The van der Waals surface area contributed by atoms with Gasteiger partial charge in [0.1, 0.15) is 0 Å². The Morgan fingerprint density at radius 1 is 1.70 bits per heavy atom. The molecule has 0 aromatic rings. The van der Waals surface area contributed by atoms with Gasteiger partial charge >= 0.3 is 0 Å². The summed E-state index contributed by atoms with van der Waals surface area (Å²) in [6.45, 7) is 2.18. The van der Waals surface area contributed by atoms with E-state index in [0.29, 0.717) is 23.7 Å². The molecule has 1 saturated heterocycles. The highest BCUT2D eigenvalue weighted by atomic mass is 35.5. The molecule has 1 aliphatic carbocycles. The van der Waals surface area contributed by atoms with E-state index in [0.717, 1.165) is 6.42 Å². The Labute approximate surface area is 65.5 Å². The molecule has 2 fully saturated rings. The van der Waals surface area contributed by atoms with Gasteiger partial charge < -0.3 is 5.32 Å². The fourth-order valence-electron chi connectivity index (χ4n) is 1.86. The average molecular weight is 159 g/mol. The normalized spacial score (nSPS) is 51.6. The largest absolute Gasteiger partial charge is 0.369 e. The summed E-state index contributed by atoms with van der Waals surface area (Å²) in [6.07, 6.45) is 0.879. The van der Waals surface area contributed by atoms with Crippen LogP contribution in [0.25, 0.3) is 0 Å². The van der Waals surface area contributed by atoms with Crippen LogP contribution in [0.3, 0.4) is 0 Å². The molecule has 0 aromatic heterocycles. The minimum atomic E-state index is 0.290. The molecule has 0 bridgehead atoms. The highest BCUT2D eigenvalue weighted by molar-refractivity contribution is 6.24. The molecule has 0 radical (unpaired) electrons. The standard InChI is InChI=1S/C7H11ClN2/c1-3-2-4(9)10-7-5(3)6(7)8/h3,5-7H,2H2,1H3,(H2,9,10)/t3?,5-,6?,7+/m1/s1. The monoisotopic (exact) mass is 158 g/mol. The zero-order valence-electron chi connectivity index (χ0n) is 5.89. The van der Waals surface area contributed by atoms with Gasteiger partial charge in [-0.3, -0.25) is 5.41 Å². The first-order valence-corrected chi connectivity index (χ1v) is 4.12. The Bertz CT molecular complexity index is 170. The van der Waals surface area contributed by atoms with Gasteiger partial charge in [0.25, 0.3) is 0 Å². The van der Waals surface area contributed by atoms with Crippen LogP contribution in [0.4, 0.5) is 0 Å². The summed E-state index contributed by atoms with van der Waals surface area (Å²) in [4.78, 5) is 0. The molecule has 2 N–H and O–H groups in total. The van der Waals surface area contributed by atoms with Crippen LogP contribution in [0.5, 0.6) is 0 Å². The summed E-state index contributed by atoms with van der Waals surface area (Å²) >= 11 is 5.96. The smallest absolute Gasteiger partial charge is 0.0937 e. The third kappa shape index (κ3) is 0.749. The lowest BCUT2D eigenvalue weighted by atomic mass is 9.98. The van der Waals surface area contributed by atoms with Crippen molar-refractivity contribution in [1.29, 1.82) is 5.41 Å². The number of nitrogens with one attached hydrogen (secondary N) is 2. The van der Waals surface area contributed by atoms with Gasteiger partial charge in [-0.15, -0.1) is 11.6 Å². The summed E-state index contributed by atoms with van der Waals surface area (Å²) < 4.78 is 0. The summed E-state index contributed by atoms with van der Waals surface area (Å²) in [6, 6.07) is 0.415. The third-order valence-electron chi connectivity index (χ3n) is 2.51. The highest BCUT2D eigenvalue weighted by Crippen LogP contribution is 2.46. The first kappa shape index (κ1) is 6.47. The second-order valence-electron chi connectivity index (χ2n) is 3.35. The zero-order valence-corrected chi connectivity index (χ0v) is 6.65. The van der Waals surface area contributed by atoms with Crippen LogP contribution in [0.1, 0.15) is 13.3 Å². The van der Waals surface area contributed by atoms with E-state index >= 15 is 0 Å². The predicted molar refractivity (Wildman–Crippen MR) is 41.6 cm³/mol. The first-order valence-electron chi connectivity index (χ1n) is 3.68. The van der Waals surface area contributed by atoms with Gasteiger partial charge in [0.05, 0.1) is 11.2 Å². The summed E-state index contributed by atoms with van der Waals surface area (Å²) in [5, 5.41) is 10.8. The molecule has 0 spiro atoms. The number of amidine groups is 1. The van der Waals surface area contributed by atoms with E-state index in [2.05, 4.69) is 12.2 Å². The second kappa shape index (κ2) is 1.88. The van der Waals surface area contributed by atoms with E-state index in [-0.39, 0.29) is 5.38 Å². The summed E-state index contributed by atoms with van der Waals surface area (Å²) in [5.74, 6) is 1.91. The quantitative estimate of drug-likeness (QED) is 0.511. The van der Waals surface area contributed by atoms with Gasteiger partial charge in [0, 0.05) is 18.4 Å². The zero-order chi connectivity index (χ0) is 7.30. The Balaban J connectivity index is 2.09. The van der Waals surface area contributed by atoms with Gasteiger partial charge in [0.15, 0.2) is 0 Å². The maximum Gasteiger partial charge on any atom is 0.0937 e. The Kier molecular flexibility index (Phi) is 1.21. The molecule has 3 heteroatoms. The minimum Gasteiger partial charge on any atom is -0.369 e. The van der Waals surface area contributed by atoms with Crippen LogP contribution in [-0.2, 0) is 0 Å². The third-order valence-corrected chi connectivity index (χ3v) is 3.07. The van der Waals surface area contributed by atoms with E-state index in [1.165, 1.54) is 0 Å². The van der Waals surface area contributed by atoms with Crippen molar-refractivity contribution in [3.8, 4) is 0 Å². The molecule has 1 saturated carbocycles. The van der Waals surface area contributed by atoms with Crippen LogP contribution < -0.4 is 5.32 Å². The van der Waals surface area contributed by atoms with Gasteiger partial charge in [0.2, 0.25) is 0 Å². The van der Waals surface area contributed by atoms with Crippen molar-refractivity contribution < 1.29 is 0 Å². The van der Waals surface area contributed by atoms with Crippen molar-refractivity contribution in [3.63, 3.8) is 0 Å². The molecule has 10 heavy (non-hydrogen) atoms. The number of halogens is 1. The number of hydrogen-bond acceptors (Lipinski definition) is 1. The number of rotatable bonds is 0. The average Bonchev–Trinajstić information content (AvgIpc) is 2.42. The van der Waals surface area contributed by atoms with Crippen LogP contribution in [0.2, 0.25) is 0 Å². The van der Waals surface area contributed by atoms with Crippen molar-refractivity contribution in [2.24, 2.45) is 11.8 Å². The van der Waals surface area contributed by atoms with Crippen molar-refractivity contribution in [3.05, 3.63) is 0 Å². The Hall–Kier alpha value is -0.240. The molecule has 1 heterocycles. The van der Waals surface area contributed by atoms with Gasteiger partial charge in [-0.1, -0.05) is 6.92 Å². The Morgan fingerprint density at radius 2 is 2.40 bits per heavy atom. The van der Waals surface area contributed by atoms with E-state index in [9.17, 15) is 0 Å². The lowest BCUT2D eigenvalue weighted by Crippen LogP contribution is -2.33. The van der Waals surface area contributed by atoms with Crippen molar-refractivity contribution in [2.45, 2.75) is 24.8 Å². The molecule has 56 valence electrons. The van der Waals surface area contributed by atoms with E-state index in [1.807, 2.05) is 0 Å². The van der Waals surface area contributed by atoms with Crippen LogP contribution in [-0.4, -0.2) is 17.3 Å². The molecule has 2 aliphatic rings. The molecular formula is C7H11ClN2. The minimum absolute atomic E-state index is 0.290. The van der Waals surface area contributed by atoms with Crippen LogP contribution >= 0.6 is 11.6 Å². The van der Waals surface area contributed by atoms with Crippen molar-refractivity contribution >= 4 is 17.4 Å². The fourth-order valence-corrected chi connectivity index (χ4v) is 2.41. The number of piperidine rings is 1. The van der Waals surface area contributed by atoms with Gasteiger partial charge in [-0.25, -0.2) is 0 Å². The maximum absolute atomic E-state index is 7.40. The van der Waals surface area contributed by atoms with Crippen LogP contribution in [0.15, 0.2) is 0 Å². The lowest BCUT2D eigenvalue weighted by molar-refractivity contribution is 0.473. The van der Waals surface area contributed by atoms with Gasteiger partial charge in [-0.2, -0.15) is 0 Å². The second-order valence-corrected chi connectivity index (χ2v) is 3.86. The fraction of sp³-hybridized carbons (Fsp3) is 0.857. The molecule has 0 amide bonds. The van der Waals surface area contributed by atoms with Crippen molar-refractivity contribution in [1.82, 2.24) is 5.32 Å². The topological polar surface area (TPSA) is 35.9 Å². The lowest BCUT2D eigenvalue weighted by Gasteiger charge is -2.18. The molecule has 2 unspecified atom stereocenters. The maximum atomic E-state index is 7.40. The number of alkyl halides is 1. The molecule has 0 aromatic carbocycles.